The van der Waals surface area contributed by atoms with Gasteiger partial charge in [0.05, 0.1) is 11.0 Å². The number of nitrogens with one attached hydrogen (secondary N) is 1. The molecule has 1 saturated carbocycles. The van der Waals surface area contributed by atoms with E-state index < -0.39 is 0 Å². The van der Waals surface area contributed by atoms with Gasteiger partial charge in [-0.2, -0.15) is 0 Å². The van der Waals surface area contributed by atoms with Crippen molar-refractivity contribution in [3.63, 3.8) is 0 Å². The molecule has 3 N–H and O–H groups in total. The van der Waals surface area contributed by atoms with Gasteiger partial charge in [0.15, 0.2) is 0 Å². The van der Waals surface area contributed by atoms with Gasteiger partial charge in [0.25, 0.3) is 0 Å². The van der Waals surface area contributed by atoms with E-state index in [4.69, 9.17) is 10.7 Å². The van der Waals surface area contributed by atoms with Crippen LogP contribution < -0.4 is 5.73 Å². The first-order chi connectivity index (χ1) is 9.00. The fourth-order valence-corrected chi connectivity index (χ4v) is 3.19. The fraction of sp³-hybridized carbons (Fsp3) is 0.562. The van der Waals surface area contributed by atoms with Crippen molar-refractivity contribution in [2.45, 2.75) is 57.9 Å². The van der Waals surface area contributed by atoms with Gasteiger partial charge in [0, 0.05) is 11.5 Å². The number of nitrogens with two attached hydrogens (primary N) is 1. The summed E-state index contributed by atoms with van der Waals surface area (Å²) >= 11 is 0. The minimum absolute atomic E-state index is 0.000913. The van der Waals surface area contributed by atoms with Gasteiger partial charge in [-0.15, -0.1) is 0 Å². The van der Waals surface area contributed by atoms with Crippen LogP contribution in [0.5, 0.6) is 0 Å². The van der Waals surface area contributed by atoms with Crippen LogP contribution in [0.1, 0.15) is 49.6 Å². The number of hydrogen-bond acceptors (Lipinski definition) is 2. The third-order valence-corrected chi connectivity index (χ3v) is 4.92. The van der Waals surface area contributed by atoms with Gasteiger partial charge in [0.1, 0.15) is 5.82 Å². The molecule has 0 saturated heterocycles. The molecule has 102 valence electrons. The van der Waals surface area contributed by atoms with Gasteiger partial charge in [0.2, 0.25) is 0 Å². The van der Waals surface area contributed by atoms with E-state index in [1.807, 2.05) is 0 Å². The molecule has 0 radical (unpaired) electrons. The van der Waals surface area contributed by atoms with Crippen molar-refractivity contribution in [3.8, 4) is 0 Å². The van der Waals surface area contributed by atoms with Crippen LogP contribution >= 0.6 is 0 Å². The third kappa shape index (κ3) is 1.96. The molecule has 0 spiro atoms. The summed E-state index contributed by atoms with van der Waals surface area (Å²) in [6, 6.07) is 4.57. The Labute approximate surface area is 114 Å². The van der Waals surface area contributed by atoms with E-state index in [1.54, 1.807) is 0 Å². The lowest BCUT2D eigenvalue weighted by atomic mass is 9.71. The van der Waals surface area contributed by atoms with Crippen molar-refractivity contribution in [2.75, 3.05) is 0 Å². The number of hydrogen-bond donors (Lipinski definition) is 2. The molecule has 2 atom stereocenters. The molecule has 0 amide bonds. The number of aryl methyl sites for hydroxylation is 2. The van der Waals surface area contributed by atoms with Gasteiger partial charge in [-0.1, -0.05) is 19.8 Å². The minimum Gasteiger partial charge on any atom is -0.341 e. The van der Waals surface area contributed by atoms with Crippen LogP contribution in [-0.4, -0.2) is 16.0 Å². The summed E-state index contributed by atoms with van der Waals surface area (Å²) in [5.74, 6) is 1.07. The highest BCUT2D eigenvalue weighted by Gasteiger charge is 2.38. The molecule has 3 rings (SSSR count). The van der Waals surface area contributed by atoms with E-state index in [0.717, 1.165) is 29.7 Å². The second-order valence-electron chi connectivity index (χ2n) is 6.31. The Morgan fingerprint density at radius 1 is 1.26 bits per heavy atom. The van der Waals surface area contributed by atoms with Crippen molar-refractivity contribution in [1.82, 2.24) is 9.97 Å². The highest BCUT2D eigenvalue weighted by molar-refractivity contribution is 5.77. The molecule has 1 heterocycles. The van der Waals surface area contributed by atoms with Crippen molar-refractivity contribution >= 4 is 11.0 Å². The van der Waals surface area contributed by atoms with E-state index in [1.165, 1.54) is 24.0 Å². The van der Waals surface area contributed by atoms with Gasteiger partial charge in [-0.05, 0) is 49.9 Å². The molecular formula is C16H23N3. The fourth-order valence-electron chi connectivity index (χ4n) is 3.19. The Bertz CT molecular complexity index is 575. The first-order valence-electron chi connectivity index (χ1n) is 7.24. The number of fused-ring (bicyclic) bond motifs is 1. The average Bonchev–Trinajstić information content (AvgIpc) is 2.77. The Hall–Kier alpha value is -1.35. The first kappa shape index (κ1) is 12.7. The molecule has 3 heteroatoms. The lowest BCUT2D eigenvalue weighted by Crippen LogP contribution is -2.46. The maximum absolute atomic E-state index is 6.37. The molecule has 1 aliphatic carbocycles. The highest BCUT2D eigenvalue weighted by atomic mass is 15.0. The average molecular weight is 257 g/mol. The molecule has 3 nitrogen and oxygen atoms in total. The van der Waals surface area contributed by atoms with Crippen LogP contribution in [0.2, 0.25) is 0 Å². The molecular weight excluding hydrogens is 234 g/mol. The summed E-state index contributed by atoms with van der Waals surface area (Å²) in [5, 5.41) is 0. The SMILES string of the molecule is Cc1cc2nc(C3(C)CCCCC3N)[nH]c2cc1C. The molecule has 0 bridgehead atoms. The highest BCUT2D eigenvalue weighted by Crippen LogP contribution is 2.37. The van der Waals surface area contributed by atoms with Crippen LogP contribution in [0.25, 0.3) is 11.0 Å². The summed E-state index contributed by atoms with van der Waals surface area (Å²) in [4.78, 5) is 8.34. The van der Waals surface area contributed by atoms with Crippen molar-refractivity contribution in [1.29, 1.82) is 0 Å². The molecule has 2 unspecified atom stereocenters. The maximum Gasteiger partial charge on any atom is 0.114 e. The number of aromatic nitrogens is 2. The number of H-pyrrole nitrogens is 1. The number of rotatable bonds is 1. The zero-order valence-corrected chi connectivity index (χ0v) is 12.1. The second kappa shape index (κ2) is 4.34. The standard InChI is InChI=1S/C16H23N3/c1-10-8-12-13(9-11(10)2)19-15(18-12)16(3)7-5-4-6-14(16)17/h8-9,14H,4-7,17H2,1-3H3,(H,18,19). The molecule has 1 aliphatic rings. The van der Waals surface area contributed by atoms with Crippen LogP contribution in [0.15, 0.2) is 12.1 Å². The van der Waals surface area contributed by atoms with E-state index in [9.17, 15) is 0 Å². The summed E-state index contributed by atoms with van der Waals surface area (Å²) < 4.78 is 0. The lowest BCUT2D eigenvalue weighted by molar-refractivity contribution is 0.260. The topological polar surface area (TPSA) is 54.7 Å². The smallest absolute Gasteiger partial charge is 0.114 e. The van der Waals surface area contributed by atoms with E-state index in [-0.39, 0.29) is 11.5 Å². The van der Waals surface area contributed by atoms with Crippen LogP contribution in [0, 0.1) is 13.8 Å². The Morgan fingerprint density at radius 2 is 2.00 bits per heavy atom. The van der Waals surface area contributed by atoms with Gasteiger partial charge >= 0.3 is 0 Å². The predicted octanol–water partition coefficient (Wildman–Crippen LogP) is 3.34. The van der Waals surface area contributed by atoms with E-state index in [0.29, 0.717) is 0 Å². The molecule has 19 heavy (non-hydrogen) atoms. The van der Waals surface area contributed by atoms with Crippen molar-refractivity contribution < 1.29 is 0 Å². The Kier molecular flexibility index (Phi) is 2.90. The molecule has 1 aromatic carbocycles. The first-order valence-corrected chi connectivity index (χ1v) is 7.24. The van der Waals surface area contributed by atoms with Gasteiger partial charge in [-0.25, -0.2) is 4.98 Å². The van der Waals surface area contributed by atoms with Crippen molar-refractivity contribution in [2.24, 2.45) is 5.73 Å². The molecule has 1 fully saturated rings. The molecule has 1 aromatic heterocycles. The normalized spacial score (nSPS) is 27.9. The summed E-state index contributed by atoms with van der Waals surface area (Å²) in [6.07, 6.45) is 4.73. The van der Waals surface area contributed by atoms with Gasteiger partial charge in [-0.3, -0.25) is 0 Å². The van der Waals surface area contributed by atoms with Crippen molar-refractivity contribution in [3.05, 3.63) is 29.1 Å². The lowest BCUT2D eigenvalue weighted by Gasteiger charge is -2.37. The number of benzene rings is 1. The second-order valence-corrected chi connectivity index (χ2v) is 6.31. The third-order valence-electron chi connectivity index (χ3n) is 4.92. The minimum atomic E-state index is -0.000913. The zero-order valence-electron chi connectivity index (χ0n) is 12.1. The van der Waals surface area contributed by atoms with Crippen LogP contribution in [-0.2, 0) is 5.41 Å². The quantitative estimate of drug-likeness (QED) is 0.823. The largest absolute Gasteiger partial charge is 0.341 e. The summed E-state index contributed by atoms with van der Waals surface area (Å²) in [5.41, 5.74) is 11.2. The van der Waals surface area contributed by atoms with Crippen LogP contribution in [0.4, 0.5) is 0 Å². The predicted molar refractivity (Wildman–Crippen MR) is 79.4 cm³/mol. The van der Waals surface area contributed by atoms with Crippen LogP contribution in [0.3, 0.4) is 0 Å². The summed E-state index contributed by atoms with van der Waals surface area (Å²) in [6.45, 7) is 6.54. The Balaban J connectivity index is 2.10. The zero-order chi connectivity index (χ0) is 13.6. The van der Waals surface area contributed by atoms with E-state index >= 15 is 0 Å². The number of nitrogens with zero attached hydrogens (tertiary/aromatic N) is 1. The van der Waals surface area contributed by atoms with Gasteiger partial charge < -0.3 is 10.7 Å². The number of imidazole rings is 1. The summed E-state index contributed by atoms with van der Waals surface area (Å²) in [7, 11) is 0. The Morgan fingerprint density at radius 3 is 2.74 bits per heavy atom. The maximum atomic E-state index is 6.37. The number of aromatic amines is 1. The molecule has 0 aliphatic heterocycles. The molecule has 2 aromatic rings. The monoisotopic (exact) mass is 257 g/mol. The van der Waals surface area contributed by atoms with E-state index in [2.05, 4.69) is 37.9 Å².